The molecule has 0 N–H and O–H groups in total. The Bertz CT molecular complexity index is 176. The van der Waals surface area contributed by atoms with Crippen molar-refractivity contribution in [1.82, 2.24) is 9.97 Å². The molecule has 0 saturated carbocycles. The molecular weight excluding hydrogens is 218 g/mol. The average molecular weight is 220 g/mol. The van der Waals surface area contributed by atoms with Crippen molar-refractivity contribution in [2.75, 3.05) is 0 Å². The Kier molecular flexibility index (Phi) is 4.29. The van der Waals surface area contributed by atoms with Gasteiger partial charge in [0.2, 0.25) is 5.28 Å². The lowest BCUT2D eigenvalue weighted by molar-refractivity contribution is 1.17. The number of hydrogen-bond acceptors (Lipinski definition) is 2. The maximum atomic E-state index is 5.43. The third-order valence-corrected chi connectivity index (χ3v) is 1.19. The van der Waals surface area contributed by atoms with Gasteiger partial charge in [0.1, 0.15) is 10.3 Å². The maximum absolute atomic E-state index is 5.43. The van der Waals surface area contributed by atoms with Crippen LogP contribution in [0.25, 0.3) is 0 Å². The van der Waals surface area contributed by atoms with Crippen molar-refractivity contribution in [3.05, 3.63) is 21.7 Å². The van der Waals surface area contributed by atoms with E-state index in [1.165, 1.54) is 6.07 Å². The van der Waals surface area contributed by atoms with Gasteiger partial charge in [0, 0.05) is 6.07 Å². The molecular formula is C4H2Cl4N2. The number of rotatable bonds is 0. The summed E-state index contributed by atoms with van der Waals surface area (Å²) in [5.74, 6) is 0. The van der Waals surface area contributed by atoms with Crippen molar-refractivity contribution in [3.63, 3.8) is 0 Å². The van der Waals surface area contributed by atoms with Crippen LogP contribution in [0.2, 0.25) is 15.6 Å². The molecule has 1 heterocycles. The van der Waals surface area contributed by atoms with Crippen molar-refractivity contribution >= 4 is 47.2 Å². The maximum Gasteiger partial charge on any atom is 0.225 e. The highest BCUT2D eigenvalue weighted by Gasteiger charge is 1.95. The zero-order valence-corrected chi connectivity index (χ0v) is 7.60. The molecule has 0 saturated heterocycles. The van der Waals surface area contributed by atoms with E-state index < -0.39 is 0 Å². The molecule has 56 valence electrons. The van der Waals surface area contributed by atoms with Gasteiger partial charge in [-0.3, -0.25) is 0 Å². The normalized spacial score (nSPS) is 8.70. The van der Waals surface area contributed by atoms with Gasteiger partial charge in [-0.15, -0.1) is 12.4 Å². The summed E-state index contributed by atoms with van der Waals surface area (Å²) in [6.45, 7) is 0. The van der Waals surface area contributed by atoms with E-state index in [1.807, 2.05) is 0 Å². The molecule has 0 spiro atoms. The van der Waals surface area contributed by atoms with Gasteiger partial charge in [0.25, 0.3) is 0 Å². The average Bonchev–Trinajstić information content (AvgIpc) is 1.59. The van der Waals surface area contributed by atoms with E-state index in [4.69, 9.17) is 34.8 Å². The third kappa shape index (κ3) is 2.88. The summed E-state index contributed by atoms with van der Waals surface area (Å²) in [5.41, 5.74) is 0. The fourth-order valence-corrected chi connectivity index (χ4v) is 1.06. The molecule has 0 aliphatic rings. The van der Waals surface area contributed by atoms with Crippen molar-refractivity contribution < 1.29 is 0 Å². The largest absolute Gasteiger partial charge is 0.225 e. The van der Waals surface area contributed by atoms with Gasteiger partial charge >= 0.3 is 0 Å². The van der Waals surface area contributed by atoms with Crippen LogP contribution < -0.4 is 0 Å². The molecule has 0 radical (unpaired) electrons. The van der Waals surface area contributed by atoms with E-state index in [0.29, 0.717) is 0 Å². The van der Waals surface area contributed by atoms with Crippen molar-refractivity contribution in [2.45, 2.75) is 0 Å². The first kappa shape index (κ1) is 10.2. The van der Waals surface area contributed by atoms with E-state index >= 15 is 0 Å². The topological polar surface area (TPSA) is 25.8 Å². The second-order valence-electron chi connectivity index (χ2n) is 1.28. The van der Waals surface area contributed by atoms with Crippen LogP contribution in [0.15, 0.2) is 6.07 Å². The lowest BCUT2D eigenvalue weighted by Crippen LogP contribution is -1.81. The van der Waals surface area contributed by atoms with Gasteiger partial charge in [-0.25, -0.2) is 9.97 Å². The highest BCUT2D eigenvalue weighted by molar-refractivity contribution is 6.35. The van der Waals surface area contributed by atoms with Gasteiger partial charge in [-0.05, 0) is 11.6 Å². The van der Waals surface area contributed by atoms with Crippen molar-refractivity contribution in [2.24, 2.45) is 0 Å². The monoisotopic (exact) mass is 218 g/mol. The minimum atomic E-state index is 0. The lowest BCUT2D eigenvalue weighted by Gasteiger charge is -1.89. The number of halogens is 4. The van der Waals surface area contributed by atoms with Crippen LogP contribution >= 0.6 is 47.2 Å². The minimum Gasteiger partial charge on any atom is -0.206 e. The second-order valence-corrected chi connectivity index (χ2v) is 2.39. The standard InChI is InChI=1S/C4HCl3N2.ClH/c5-2-1-3(6)9-4(7)8-2;/h1H;1H. The quantitative estimate of drug-likeness (QED) is 0.496. The molecule has 1 aromatic heterocycles. The van der Waals surface area contributed by atoms with Gasteiger partial charge in [0.05, 0.1) is 0 Å². The first-order chi connectivity index (χ1) is 4.18. The van der Waals surface area contributed by atoms with E-state index in [0.717, 1.165) is 0 Å². The summed E-state index contributed by atoms with van der Waals surface area (Å²) in [5, 5.41) is 0.563. The smallest absolute Gasteiger partial charge is 0.206 e. The van der Waals surface area contributed by atoms with E-state index in [9.17, 15) is 0 Å². The van der Waals surface area contributed by atoms with Crippen LogP contribution in [0.3, 0.4) is 0 Å². The summed E-state index contributed by atoms with van der Waals surface area (Å²) >= 11 is 16.2. The number of hydrogen-bond donors (Lipinski definition) is 0. The Morgan fingerprint density at radius 3 is 1.70 bits per heavy atom. The van der Waals surface area contributed by atoms with E-state index in [2.05, 4.69) is 9.97 Å². The molecule has 0 aliphatic heterocycles. The Morgan fingerprint density at radius 1 is 1.00 bits per heavy atom. The fourth-order valence-electron chi connectivity index (χ4n) is 0.364. The minimum absolute atomic E-state index is 0. The molecule has 2 nitrogen and oxygen atoms in total. The zero-order valence-electron chi connectivity index (χ0n) is 4.51. The van der Waals surface area contributed by atoms with Crippen molar-refractivity contribution in [1.29, 1.82) is 0 Å². The first-order valence-corrected chi connectivity index (χ1v) is 3.17. The van der Waals surface area contributed by atoms with Crippen LogP contribution in [-0.2, 0) is 0 Å². The molecule has 1 rings (SSSR count). The van der Waals surface area contributed by atoms with E-state index in [-0.39, 0.29) is 28.0 Å². The zero-order chi connectivity index (χ0) is 6.85. The molecule has 1 aromatic rings. The predicted molar refractivity (Wildman–Crippen MR) is 44.3 cm³/mol. The molecule has 0 bridgehead atoms. The van der Waals surface area contributed by atoms with Crippen molar-refractivity contribution in [3.8, 4) is 0 Å². The van der Waals surface area contributed by atoms with Crippen LogP contribution in [0.4, 0.5) is 0 Å². The van der Waals surface area contributed by atoms with Gasteiger partial charge in [-0.1, -0.05) is 23.2 Å². The Hall–Kier alpha value is 0.240. The lowest BCUT2D eigenvalue weighted by atomic mass is 10.7. The molecule has 6 heteroatoms. The Morgan fingerprint density at radius 2 is 1.40 bits per heavy atom. The highest BCUT2D eigenvalue weighted by atomic mass is 35.5. The second kappa shape index (κ2) is 4.19. The molecule has 0 unspecified atom stereocenters. The Labute approximate surface area is 78.9 Å². The van der Waals surface area contributed by atoms with Gasteiger partial charge in [0.15, 0.2) is 0 Å². The fraction of sp³-hybridized carbons (Fsp3) is 0. The molecule has 0 aromatic carbocycles. The van der Waals surface area contributed by atoms with Gasteiger partial charge < -0.3 is 0 Å². The highest BCUT2D eigenvalue weighted by Crippen LogP contribution is 2.13. The molecule has 10 heavy (non-hydrogen) atoms. The van der Waals surface area contributed by atoms with Crippen LogP contribution in [0, 0.1) is 0 Å². The molecule has 0 atom stereocenters. The third-order valence-electron chi connectivity index (χ3n) is 0.636. The number of nitrogens with zero attached hydrogens (tertiary/aromatic N) is 2. The molecule has 0 aliphatic carbocycles. The van der Waals surface area contributed by atoms with Crippen LogP contribution in [0.5, 0.6) is 0 Å². The summed E-state index contributed by atoms with van der Waals surface area (Å²) < 4.78 is 0. The first-order valence-electron chi connectivity index (χ1n) is 2.04. The predicted octanol–water partition coefficient (Wildman–Crippen LogP) is 2.86. The summed E-state index contributed by atoms with van der Waals surface area (Å²) in [7, 11) is 0. The Balaban J connectivity index is 0.000000810. The summed E-state index contributed by atoms with van der Waals surface area (Å²) in [6.07, 6.45) is 0. The molecule has 0 amide bonds. The number of aromatic nitrogens is 2. The van der Waals surface area contributed by atoms with Crippen LogP contribution in [-0.4, -0.2) is 9.97 Å². The van der Waals surface area contributed by atoms with Gasteiger partial charge in [-0.2, -0.15) is 0 Å². The molecule has 0 fully saturated rings. The summed E-state index contributed by atoms with van der Waals surface area (Å²) in [4.78, 5) is 7.14. The summed E-state index contributed by atoms with van der Waals surface area (Å²) in [6, 6.07) is 1.41. The van der Waals surface area contributed by atoms with E-state index in [1.54, 1.807) is 0 Å². The SMILES string of the molecule is Cl.Clc1cc(Cl)nc(Cl)n1. The van der Waals surface area contributed by atoms with Crippen LogP contribution in [0.1, 0.15) is 0 Å².